The van der Waals surface area contributed by atoms with E-state index in [1.54, 1.807) is 36.0 Å². The van der Waals surface area contributed by atoms with Crippen LogP contribution in [0.1, 0.15) is 0 Å². The Labute approximate surface area is 174 Å². The lowest BCUT2D eigenvalue weighted by atomic mass is 10.1. The number of methoxy groups -OCH3 is 2. The zero-order valence-corrected chi connectivity index (χ0v) is 17.0. The van der Waals surface area contributed by atoms with Gasteiger partial charge < -0.3 is 24.0 Å². The van der Waals surface area contributed by atoms with Crippen molar-refractivity contribution in [3.63, 3.8) is 0 Å². The van der Waals surface area contributed by atoms with Crippen LogP contribution >= 0.6 is 0 Å². The molecule has 0 spiro atoms. The quantitative estimate of drug-likeness (QED) is 0.565. The van der Waals surface area contributed by atoms with E-state index in [-0.39, 0.29) is 12.7 Å². The number of rotatable bonds is 6. The highest BCUT2D eigenvalue weighted by atomic mass is 16.6. The third-order valence-electron chi connectivity index (χ3n) is 4.98. The smallest absolute Gasteiger partial charge is 0.409 e. The molecule has 0 aliphatic carbocycles. The number of carbonyl (C=O) groups excluding carboxylic acids is 1. The van der Waals surface area contributed by atoms with Crippen LogP contribution in [0.4, 0.5) is 10.6 Å². The van der Waals surface area contributed by atoms with Crippen LogP contribution in [0.25, 0.3) is 16.8 Å². The van der Waals surface area contributed by atoms with Gasteiger partial charge in [0.1, 0.15) is 12.4 Å². The Bertz CT molecular complexity index is 1020. The summed E-state index contributed by atoms with van der Waals surface area (Å²) in [5, 5.41) is 4.40. The van der Waals surface area contributed by atoms with E-state index in [0.29, 0.717) is 38.7 Å². The molecule has 1 fully saturated rings. The molecule has 3 aromatic rings. The van der Waals surface area contributed by atoms with E-state index in [2.05, 4.69) is 15.0 Å². The molecule has 0 atom stereocenters. The second-order valence-corrected chi connectivity index (χ2v) is 6.75. The molecule has 3 aromatic heterocycles. The van der Waals surface area contributed by atoms with Gasteiger partial charge in [-0.3, -0.25) is 0 Å². The molecule has 1 saturated heterocycles. The van der Waals surface area contributed by atoms with Crippen molar-refractivity contribution in [2.45, 2.75) is 0 Å². The molecular weight excluding hydrogens is 388 g/mol. The van der Waals surface area contributed by atoms with Crippen molar-refractivity contribution in [2.24, 2.45) is 0 Å². The molecule has 4 heterocycles. The maximum Gasteiger partial charge on any atom is 0.409 e. The normalized spacial score (nSPS) is 14.2. The average molecular weight is 412 g/mol. The zero-order chi connectivity index (χ0) is 20.9. The molecule has 10 heteroatoms. The first-order valence-corrected chi connectivity index (χ1v) is 9.70. The maximum absolute atomic E-state index is 12.1. The zero-order valence-electron chi connectivity index (χ0n) is 17.0. The minimum Gasteiger partial charge on any atom is -0.481 e. The fourth-order valence-electron chi connectivity index (χ4n) is 3.41. The monoisotopic (exact) mass is 412 g/mol. The number of fused-ring (bicyclic) bond motifs is 1. The molecule has 10 nitrogen and oxygen atoms in total. The molecule has 0 N–H and O–H groups in total. The lowest BCUT2D eigenvalue weighted by Gasteiger charge is -2.34. The summed E-state index contributed by atoms with van der Waals surface area (Å²) in [6.07, 6.45) is 5.03. The molecule has 1 aliphatic rings. The third-order valence-corrected chi connectivity index (χ3v) is 4.98. The Balaban J connectivity index is 1.50. The first-order valence-electron chi connectivity index (χ1n) is 9.70. The van der Waals surface area contributed by atoms with Gasteiger partial charge in [0, 0.05) is 51.2 Å². The fourth-order valence-corrected chi connectivity index (χ4v) is 3.41. The summed E-state index contributed by atoms with van der Waals surface area (Å²) < 4.78 is 17.2. The molecular formula is C20H24N6O4. The van der Waals surface area contributed by atoms with E-state index in [1.165, 1.54) is 0 Å². The van der Waals surface area contributed by atoms with Gasteiger partial charge in [-0.15, -0.1) is 0 Å². The second-order valence-electron chi connectivity index (χ2n) is 6.75. The Morgan fingerprint density at radius 2 is 1.93 bits per heavy atom. The van der Waals surface area contributed by atoms with Crippen molar-refractivity contribution in [3.8, 4) is 17.0 Å². The Morgan fingerprint density at radius 1 is 1.10 bits per heavy atom. The van der Waals surface area contributed by atoms with Crippen LogP contribution in [0.2, 0.25) is 0 Å². The molecule has 0 saturated carbocycles. The molecule has 1 amide bonds. The van der Waals surface area contributed by atoms with E-state index in [0.717, 1.165) is 22.6 Å². The first-order chi connectivity index (χ1) is 14.7. The number of hydrogen-bond acceptors (Lipinski definition) is 8. The molecule has 0 radical (unpaired) electrons. The van der Waals surface area contributed by atoms with Gasteiger partial charge in [0.05, 0.1) is 25.5 Å². The van der Waals surface area contributed by atoms with Gasteiger partial charge in [-0.1, -0.05) is 0 Å². The topological polar surface area (TPSA) is 94.3 Å². The Morgan fingerprint density at radius 3 is 2.70 bits per heavy atom. The number of pyridine rings is 1. The van der Waals surface area contributed by atoms with E-state index in [4.69, 9.17) is 19.2 Å². The lowest BCUT2D eigenvalue weighted by Crippen LogP contribution is -2.49. The highest BCUT2D eigenvalue weighted by Gasteiger charge is 2.23. The average Bonchev–Trinajstić information content (AvgIpc) is 3.22. The standard InChI is InChI=1S/C20H24N6O4/c1-28-12-13-30-20(27)25-10-8-24(9-11-25)17-5-7-26-18(23-17)16(14-22-26)15-4-3-6-21-19(15)29-2/h3-7,14H,8-13H2,1-2H3. The van der Waals surface area contributed by atoms with Crippen molar-refractivity contribution >= 4 is 17.6 Å². The summed E-state index contributed by atoms with van der Waals surface area (Å²) in [5.74, 6) is 1.36. The van der Waals surface area contributed by atoms with E-state index >= 15 is 0 Å². The number of aromatic nitrogens is 4. The summed E-state index contributed by atoms with van der Waals surface area (Å²) in [5.41, 5.74) is 2.41. The SMILES string of the molecule is COCCOC(=O)N1CCN(c2ccn3ncc(-c4cccnc4OC)c3n2)CC1. The van der Waals surface area contributed by atoms with Crippen LogP contribution in [0.5, 0.6) is 5.88 Å². The Hall–Kier alpha value is -3.40. The summed E-state index contributed by atoms with van der Waals surface area (Å²) in [6, 6.07) is 5.72. The number of amides is 1. The molecule has 1 aliphatic heterocycles. The van der Waals surface area contributed by atoms with Crippen molar-refractivity contribution in [1.29, 1.82) is 0 Å². The summed E-state index contributed by atoms with van der Waals surface area (Å²) in [7, 11) is 3.17. The van der Waals surface area contributed by atoms with Gasteiger partial charge in [0.25, 0.3) is 0 Å². The number of piperazine rings is 1. The largest absolute Gasteiger partial charge is 0.481 e. The maximum atomic E-state index is 12.1. The summed E-state index contributed by atoms with van der Waals surface area (Å²) >= 11 is 0. The van der Waals surface area contributed by atoms with Crippen LogP contribution in [-0.4, -0.2) is 84.2 Å². The van der Waals surface area contributed by atoms with Gasteiger partial charge in [-0.05, 0) is 18.2 Å². The predicted octanol–water partition coefficient (Wildman–Crippen LogP) is 1.70. The summed E-state index contributed by atoms with van der Waals surface area (Å²) in [4.78, 5) is 25.1. The van der Waals surface area contributed by atoms with Gasteiger partial charge in [0.2, 0.25) is 5.88 Å². The van der Waals surface area contributed by atoms with Crippen molar-refractivity contribution in [1.82, 2.24) is 24.5 Å². The molecule has 30 heavy (non-hydrogen) atoms. The third kappa shape index (κ3) is 3.99. The minimum atomic E-state index is -0.308. The highest BCUT2D eigenvalue weighted by Crippen LogP contribution is 2.31. The van der Waals surface area contributed by atoms with Gasteiger partial charge in [0.15, 0.2) is 5.65 Å². The summed E-state index contributed by atoms with van der Waals surface area (Å²) in [6.45, 7) is 3.13. The Kier molecular flexibility index (Phi) is 5.94. The molecule has 158 valence electrons. The van der Waals surface area contributed by atoms with Crippen LogP contribution in [0.3, 0.4) is 0 Å². The number of anilines is 1. The van der Waals surface area contributed by atoms with E-state index in [1.807, 2.05) is 24.4 Å². The van der Waals surface area contributed by atoms with Gasteiger partial charge in [-0.25, -0.2) is 19.3 Å². The van der Waals surface area contributed by atoms with Gasteiger partial charge in [-0.2, -0.15) is 5.10 Å². The van der Waals surface area contributed by atoms with Crippen molar-refractivity contribution in [2.75, 3.05) is 58.5 Å². The van der Waals surface area contributed by atoms with Crippen molar-refractivity contribution in [3.05, 3.63) is 36.8 Å². The number of hydrogen-bond donors (Lipinski definition) is 0. The van der Waals surface area contributed by atoms with Gasteiger partial charge >= 0.3 is 6.09 Å². The minimum absolute atomic E-state index is 0.259. The predicted molar refractivity (Wildman–Crippen MR) is 110 cm³/mol. The molecule has 0 unspecified atom stereocenters. The van der Waals surface area contributed by atoms with E-state index in [9.17, 15) is 4.79 Å². The number of nitrogens with zero attached hydrogens (tertiary/aromatic N) is 6. The first kappa shape index (κ1) is 19.9. The second kappa shape index (κ2) is 8.95. The van der Waals surface area contributed by atoms with Crippen LogP contribution in [-0.2, 0) is 9.47 Å². The molecule has 4 rings (SSSR count). The van der Waals surface area contributed by atoms with Crippen LogP contribution in [0.15, 0.2) is 36.8 Å². The molecule has 0 aromatic carbocycles. The number of carbonyl (C=O) groups is 1. The highest BCUT2D eigenvalue weighted by molar-refractivity contribution is 5.80. The lowest BCUT2D eigenvalue weighted by molar-refractivity contribution is 0.0705. The molecule has 0 bridgehead atoms. The van der Waals surface area contributed by atoms with Crippen molar-refractivity contribution < 1.29 is 19.0 Å². The fraction of sp³-hybridized carbons (Fsp3) is 0.400. The number of ether oxygens (including phenoxy) is 3. The van der Waals surface area contributed by atoms with Crippen LogP contribution < -0.4 is 9.64 Å². The van der Waals surface area contributed by atoms with Crippen LogP contribution in [0, 0.1) is 0 Å². The van der Waals surface area contributed by atoms with E-state index < -0.39 is 0 Å².